The van der Waals surface area contributed by atoms with Crippen LogP contribution in [-0.4, -0.2) is 25.5 Å². The molecule has 0 aliphatic rings. The number of benzene rings is 2. The molecule has 2 N–H and O–H groups in total. The van der Waals surface area contributed by atoms with Crippen molar-refractivity contribution in [2.45, 2.75) is 6.54 Å². The Hall–Kier alpha value is -3.75. The Bertz CT molecular complexity index is 1490. The van der Waals surface area contributed by atoms with Crippen molar-refractivity contribution in [1.82, 2.24) is 19.6 Å². The summed E-state index contributed by atoms with van der Waals surface area (Å²) < 4.78 is 2.51. The Morgan fingerprint density at radius 3 is 2.71 bits per heavy atom. The molecule has 1 amide bonds. The monoisotopic (exact) mass is 532 g/mol. The van der Waals surface area contributed by atoms with Crippen LogP contribution >= 0.6 is 27.5 Å². The van der Waals surface area contributed by atoms with Gasteiger partial charge in [-0.15, -0.1) is 0 Å². The summed E-state index contributed by atoms with van der Waals surface area (Å²) in [5.41, 5.74) is 4.28. The van der Waals surface area contributed by atoms with Gasteiger partial charge in [0.2, 0.25) is 0 Å². The molecule has 168 valence electrons. The van der Waals surface area contributed by atoms with Crippen molar-refractivity contribution in [1.29, 1.82) is 0 Å². The maximum absolute atomic E-state index is 12.4. The number of carbonyl (C=O) groups is 1. The van der Waals surface area contributed by atoms with E-state index in [1.807, 2.05) is 54.6 Å². The lowest BCUT2D eigenvalue weighted by atomic mass is 10.1. The third kappa shape index (κ3) is 4.64. The highest BCUT2D eigenvalue weighted by Crippen LogP contribution is 2.30. The van der Waals surface area contributed by atoms with Crippen LogP contribution in [0.3, 0.4) is 0 Å². The molecule has 0 bridgehead atoms. The minimum Gasteiger partial charge on any atom is -0.366 e. The molecule has 5 rings (SSSR count). The predicted octanol–water partition coefficient (Wildman–Crippen LogP) is 6.07. The predicted molar refractivity (Wildman–Crippen MR) is 137 cm³/mol. The lowest BCUT2D eigenvalue weighted by molar-refractivity contribution is 0.102. The molecule has 9 heteroatoms. The topological polar surface area (TPSA) is 84.2 Å². The van der Waals surface area contributed by atoms with Crippen molar-refractivity contribution >= 4 is 50.6 Å². The standard InChI is InChI=1S/C25H18BrClN6O/c26-19-15-30-33-23(13-22(32-24(19)33)18-8-1-2-9-20(18)27)29-14-16-6-5-7-17(12-16)31-25(34)21-10-3-4-11-28-21/h1-13,15,29H,14H2,(H,31,34). The molecule has 5 aromatic rings. The molecule has 0 aliphatic heterocycles. The van der Waals surface area contributed by atoms with Gasteiger partial charge in [-0.1, -0.05) is 48.0 Å². The van der Waals surface area contributed by atoms with E-state index in [1.54, 1.807) is 35.1 Å². The summed E-state index contributed by atoms with van der Waals surface area (Å²) in [5.74, 6) is 0.501. The van der Waals surface area contributed by atoms with E-state index < -0.39 is 0 Å². The van der Waals surface area contributed by atoms with Crippen LogP contribution in [0.2, 0.25) is 5.02 Å². The number of hydrogen-bond donors (Lipinski definition) is 2. The van der Waals surface area contributed by atoms with Gasteiger partial charge < -0.3 is 10.6 Å². The van der Waals surface area contributed by atoms with Gasteiger partial charge in [0, 0.05) is 35.1 Å². The fourth-order valence-corrected chi connectivity index (χ4v) is 4.09. The summed E-state index contributed by atoms with van der Waals surface area (Å²) in [7, 11) is 0. The average Bonchev–Trinajstić information content (AvgIpc) is 3.24. The van der Waals surface area contributed by atoms with E-state index in [0.29, 0.717) is 28.6 Å². The molecular weight excluding hydrogens is 516 g/mol. The number of nitrogens with one attached hydrogen (secondary N) is 2. The number of hydrogen-bond acceptors (Lipinski definition) is 5. The van der Waals surface area contributed by atoms with E-state index in [-0.39, 0.29) is 5.91 Å². The fraction of sp³-hybridized carbons (Fsp3) is 0.0400. The number of nitrogens with zero attached hydrogens (tertiary/aromatic N) is 4. The number of rotatable bonds is 6. The van der Waals surface area contributed by atoms with Crippen LogP contribution in [0.1, 0.15) is 16.1 Å². The van der Waals surface area contributed by atoms with Crippen molar-refractivity contribution in [3.63, 3.8) is 0 Å². The number of pyridine rings is 1. The van der Waals surface area contributed by atoms with Gasteiger partial charge in [0.1, 0.15) is 11.5 Å². The van der Waals surface area contributed by atoms with Crippen LogP contribution in [0.5, 0.6) is 0 Å². The largest absolute Gasteiger partial charge is 0.366 e. The summed E-state index contributed by atoms with van der Waals surface area (Å²) in [5, 5.41) is 11.4. The molecule has 34 heavy (non-hydrogen) atoms. The maximum atomic E-state index is 12.4. The lowest BCUT2D eigenvalue weighted by Gasteiger charge is -2.12. The second-order valence-electron chi connectivity index (χ2n) is 7.46. The molecule has 0 radical (unpaired) electrons. The first-order valence-corrected chi connectivity index (χ1v) is 11.6. The summed E-state index contributed by atoms with van der Waals surface area (Å²) in [6, 6.07) is 22.4. The zero-order valence-corrected chi connectivity index (χ0v) is 20.1. The summed E-state index contributed by atoms with van der Waals surface area (Å²) in [6.07, 6.45) is 3.30. The van der Waals surface area contributed by atoms with Crippen molar-refractivity contribution in [2.24, 2.45) is 0 Å². The number of halogens is 2. The Balaban J connectivity index is 1.40. The van der Waals surface area contributed by atoms with E-state index in [2.05, 4.69) is 36.6 Å². The summed E-state index contributed by atoms with van der Waals surface area (Å²) in [4.78, 5) is 21.3. The minimum atomic E-state index is -0.257. The van der Waals surface area contributed by atoms with Crippen molar-refractivity contribution < 1.29 is 4.79 Å². The quantitative estimate of drug-likeness (QED) is 0.277. The van der Waals surface area contributed by atoms with Gasteiger partial charge >= 0.3 is 0 Å². The third-order valence-corrected chi connectivity index (χ3v) is 6.02. The van der Waals surface area contributed by atoms with E-state index in [0.717, 1.165) is 27.1 Å². The highest BCUT2D eigenvalue weighted by molar-refractivity contribution is 9.10. The van der Waals surface area contributed by atoms with E-state index in [1.165, 1.54) is 0 Å². The molecule has 0 spiro atoms. The van der Waals surface area contributed by atoms with Gasteiger partial charge in [-0.05, 0) is 51.8 Å². The first-order valence-electron chi connectivity index (χ1n) is 10.4. The first kappa shape index (κ1) is 22.1. The summed E-state index contributed by atoms with van der Waals surface area (Å²) in [6.45, 7) is 0.506. The molecule has 0 saturated carbocycles. The van der Waals surface area contributed by atoms with Crippen LogP contribution in [-0.2, 0) is 6.54 Å². The fourth-order valence-electron chi connectivity index (χ4n) is 3.51. The normalized spacial score (nSPS) is 10.9. The van der Waals surface area contributed by atoms with Gasteiger partial charge in [-0.2, -0.15) is 9.61 Å². The zero-order chi connectivity index (χ0) is 23.5. The highest BCUT2D eigenvalue weighted by Gasteiger charge is 2.13. The van der Waals surface area contributed by atoms with Crippen LogP contribution < -0.4 is 10.6 Å². The van der Waals surface area contributed by atoms with Gasteiger partial charge in [0.15, 0.2) is 5.65 Å². The molecule has 3 aromatic heterocycles. The van der Waals surface area contributed by atoms with Crippen LogP contribution in [0.15, 0.2) is 89.7 Å². The molecule has 0 aliphatic carbocycles. The molecular formula is C25H18BrClN6O. The summed E-state index contributed by atoms with van der Waals surface area (Å²) >= 11 is 9.94. The maximum Gasteiger partial charge on any atom is 0.274 e. The molecule has 0 atom stereocenters. The molecule has 0 unspecified atom stereocenters. The Morgan fingerprint density at radius 1 is 1.03 bits per heavy atom. The molecule has 7 nitrogen and oxygen atoms in total. The third-order valence-electron chi connectivity index (χ3n) is 5.13. The first-order chi connectivity index (χ1) is 16.6. The highest BCUT2D eigenvalue weighted by atomic mass is 79.9. The van der Waals surface area contributed by atoms with Gasteiger partial charge in [-0.25, -0.2) is 4.98 Å². The van der Waals surface area contributed by atoms with Crippen molar-refractivity contribution in [3.05, 3.63) is 106 Å². The van der Waals surface area contributed by atoms with E-state index in [4.69, 9.17) is 16.6 Å². The number of carbonyl (C=O) groups excluding carboxylic acids is 1. The number of fused-ring (bicyclic) bond motifs is 1. The molecule has 0 fully saturated rings. The van der Waals surface area contributed by atoms with Gasteiger partial charge in [-0.3, -0.25) is 9.78 Å². The Labute approximate surface area is 209 Å². The minimum absolute atomic E-state index is 0.257. The molecule has 3 heterocycles. The van der Waals surface area contributed by atoms with Gasteiger partial charge in [0.05, 0.1) is 16.4 Å². The molecule has 2 aromatic carbocycles. The zero-order valence-electron chi connectivity index (χ0n) is 17.7. The van der Waals surface area contributed by atoms with E-state index >= 15 is 0 Å². The second-order valence-corrected chi connectivity index (χ2v) is 8.72. The Kier molecular flexibility index (Phi) is 6.24. The van der Waals surface area contributed by atoms with Gasteiger partial charge in [0.25, 0.3) is 5.91 Å². The molecule has 0 saturated heterocycles. The number of amides is 1. The SMILES string of the molecule is O=C(Nc1cccc(CNc2cc(-c3ccccc3Cl)nc3c(Br)cnn23)c1)c1ccccn1. The van der Waals surface area contributed by atoms with Crippen LogP contribution in [0, 0.1) is 0 Å². The smallest absolute Gasteiger partial charge is 0.274 e. The van der Waals surface area contributed by atoms with Crippen molar-refractivity contribution in [3.8, 4) is 11.3 Å². The Morgan fingerprint density at radius 2 is 1.88 bits per heavy atom. The van der Waals surface area contributed by atoms with Crippen LogP contribution in [0.25, 0.3) is 16.9 Å². The lowest BCUT2D eigenvalue weighted by Crippen LogP contribution is -2.13. The van der Waals surface area contributed by atoms with Crippen molar-refractivity contribution in [2.75, 3.05) is 10.6 Å². The second kappa shape index (κ2) is 9.62. The number of anilines is 2. The van der Waals surface area contributed by atoms with Crippen LogP contribution in [0.4, 0.5) is 11.5 Å². The average molecular weight is 534 g/mol. The van der Waals surface area contributed by atoms with E-state index in [9.17, 15) is 4.79 Å². The number of aromatic nitrogens is 4.